The number of nitrogen functional groups attached to an aromatic ring is 1. The minimum absolute atomic E-state index is 0.272. The lowest BCUT2D eigenvalue weighted by atomic mass is 10.2. The second-order valence-electron chi connectivity index (χ2n) is 4.09. The molecule has 0 fully saturated rings. The third-order valence-corrected chi connectivity index (χ3v) is 1.43. The second-order valence-corrected chi connectivity index (χ2v) is 4.09. The number of nitrogens with zero attached hydrogens (tertiary/aromatic N) is 2. The number of hydrazine groups is 1. The molecule has 7 heteroatoms. The summed E-state index contributed by atoms with van der Waals surface area (Å²) in [6.45, 7) is 5.30. The van der Waals surface area contributed by atoms with Gasteiger partial charge < -0.3 is 10.5 Å². The molecule has 0 spiro atoms. The summed E-state index contributed by atoms with van der Waals surface area (Å²) in [6, 6.07) is 1.56. The molecule has 7 nitrogen and oxygen atoms in total. The smallest absolute Gasteiger partial charge is 0.426 e. The lowest BCUT2D eigenvalue weighted by molar-refractivity contribution is 0.0541. The van der Waals surface area contributed by atoms with Crippen LogP contribution in [0.5, 0.6) is 0 Å². The summed E-state index contributed by atoms with van der Waals surface area (Å²) < 4.78 is 5.00. The van der Waals surface area contributed by atoms with E-state index in [4.69, 9.17) is 10.5 Å². The van der Waals surface area contributed by atoms with E-state index in [1.807, 2.05) is 0 Å². The van der Waals surface area contributed by atoms with Crippen molar-refractivity contribution in [2.75, 3.05) is 11.2 Å². The molecule has 1 aromatic rings. The minimum atomic E-state index is -0.613. The Labute approximate surface area is 93.3 Å². The molecule has 0 saturated heterocycles. The summed E-state index contributed by atoms with van der Waals surface area (Å²) in [5, 5.41) is 7.30. The first-order valence-corrected chi connectivity index (χ1v) is 4.70. The van der Waals surface area contributed by atoms with Gasteiger partial charge in [0, 0.05) is 0 Å². The molecule has 0 saturated carbocycles. The van der Waals surface area contributed by atoms with Crippen LogP contribution in [0.15, 0.2) is 12.3 Å². The van der Waals surface area contributed by atoms with Crippen molar-refractivity contribution in [1.82, 2.24) is 15.6 Å². The van der Waals surface area contributed by atoms with Gasteiger partial charge in [-0.2, -0.15) is 5.10 Å². The highest BCUT2D eigenvalue weighted by molar-refractivity contribution is 5.71. The lowest BCUT2D eigenvalue weighted by Crippen LogP contribution is -2.36. The van der Waals surface area contributed by atoms with Crippen LogP contribution in [0.4, 0.5) is 16.3 Å². The number of aromatic nitrogens is 2. The molecule has 0 radical (unpaired) electrons. The topological polar surface area (TPSA) is 102 Å². The van der Waals surface area contributed by atoms with E-state index < -0.39 is 11.7 Å². The Morgan fingerprint density at radius 3 is 2.75 bits per heavy atom. The third kappa shape index (κ3) is 3.99. The Morgan fingerprint density at radius 1 is 1.50 bits per heavy atom. The van der Waals surface area contributed by atoms with Crippen molar-refractivity contribution in [2.24, 2.45) is 0 Å². The number of nitrogens with two attached hydrogens (primary N) is 1. The number of hydrogen-bond donors (Lipinski definition) is 3. The zero-order valence-corrected chi connectivity index (χ0v) is 9.44. The molecule has 0 aromatic carbocycles. The Morgan fingerprint density at radius 2 is 2.19 bits per heavy atom. The van der Waals surface area contributed by atoms with Crippen molar-refractivity contribution in [1.29, 1.82) is 0 Å². The van der Waals surface area contributed by atoms with Crippen LogP contribution >= 0.6 is 0 Å². The minimum Gasteiger partial charge on any atom is -0.443 e. The fraction of sp³-hybridized carbons (Fsp3) is 0.444. The van der Waals surface area contributed by atoms with Crippen LogP contribution in [0.25, 0.3) is 0 Å². The van der Waals surface area contributed by atoms with Crippen molar-refractivity contribution in [3.63, 3.8) is 0 Å². The van der Waals surface area contributed by atoms with E-state index in [9.17, 15) is 4.79 Å². The number of hydrogen-bond acceptors (Lipinski definition) is 6. The predicted molar refractivity (Wildman–Crippen MR) is 59.4 cm³/mol. The highest BCUT2D eigenvalue weighted by Crippen LogP contribution is 2.10. The van der Waals surface area contributed by atoms with Crippen molar-refractivity contribution in [2.45, 2.75) is 26.4 Å². The Hall–Kier alpha value is -2.05. The van der Waals surface area contributed by atoms with Gasteiger partial charge >= 0.3 is 6.09 Å². The average Bonchev–Trinajstić information content (AvgIpc) is 2.14. The van der Waals surface area contributed by atoms with Gasteiger partial charge in [0.15, 0.2) is 5.82 Å². The van der Waals surface area contributed by atoms with Gasteiger partial charge in [0.25, 0.3) is 0 Å². The highest BCUT2D eigenvalue weighted by atomic mass is 16.6. The number of rotatable bonds is 2. The van der Waals surface area contributed by atoms with Gasteiger partial charge in [0.2, 0.25) is 0 Å². The normalized spacial score (nSPS) is 10.7. The predicted octanol–water partition coefficient (Wildman–Crippen LogP) is 0.910. The quantitative estimate of drug-likeness (QED) is 0.646. The molecule has 16 heavy (non-hydrogen) atoms. The van der Waals surface area contributed by atoms with Gasteiger partial charge in [-0.3, -0.25) is 5.43 Å². The molecule has 0 aliphatic carbocycles. The van der Waals surface area contributed by atoms with E-state index in [2.05, 4.69) is 21.0 Å². The Balaban J connectivity index is 2.47. The van der Waals surface area contributed by atoms with Gasteiger partial charge in [-0.25, -0.2) is 10.2 Å². The number of amides is 1. The second kappa shape index (κ2) is 4.65. The van der Waals surface area contributed by atoms with Crippen LogP contribution < -0.4 is 16.6 Å². The number of anilines is 2. The third-order valence-electron chi connectivity index (χ3n) is 1.43. The lowest BCUT2D eigenvalue weighted by Gasteiger charge is -2.19. The summed E-state index contributed by atoms with van der Waals surface area (Å²) in [4.78, 5) is 11.3. The molecular formula is C9H15N5O2. The monoisotopic (exact) mass is 225 g/mol. The zero-order chi connectivity index (χ0) is 12.2. The van der Waals surface area contributed by atoms with Crippen LogP contribution in [0.1, 0.15) is 20.8 Å². The van der Waals surface area contributed by atoms with E-state index in [0.29, 0.717) is 5.69 Å². The molecular weight excluding hydrogens is 210 g/mol. The zero-order valence-electron chi connectivity index (χ0n) is 9.44. The highest BCUT2D eigenvalue weighted by Gasteiger charge is 2.16. The van der Waals surface area contributed by atoms with Gasteiger partial charge in [0.1, 0.15) is 5.60 Å². The van der Waals surface area contributed by atoms with Crippen LogP contribution in [-0.4, -0.2) is 21.9 Å². The van der Waals surface area contributed by atoms with Gasteiger partial charge in [-0.15, -0.1) is 5.10 Å². The molecule has 1 heterocycles. The first-order valence-electron chi connectivity index (χ1n) is 4.70. The standard InChI is InChI=1S/C9H15N5O2/c1-9(2,3)16-8(15)14-13-7-6(10)4-5-11-12-7/h4-5H,1-3H3,(H2,10,11)(H,12,13)(H,14,15). The van der Waals surface area contributed by atoms with E-state index >= 15 is 0 Å². The average molecular weight is 225 g/mol. The fourth-order valence-corrected chi connectivity index (χ4v) is 0.852. The van der Waals surface area contributed by atoms with Crippen LogP contribution in [0, 0.1) is 0 Å². The molecule has 0 bridgehead atoms. The summed E-state index contributed by atoms with van der Waals surface area (Å²) >= 11 is 0. The molecule has 4 N–H and O–H groups in total. The molecule has 0 atom stereocenters. The molecule has 1 rings (SSSR count). The first kappa shape index (κ1) is 12.0. The number of carbonyl (C=O) groups excluding carboxylic acids is 1. The largest absolute Gasteiger partial charge is 0.443 e. The Kier molecular flexibility index (Phi) is 3.49. The van der Waals surface area contributed by atoms with E-state index in [1.54, 1.807) is 26.8 Å². The molecule has 1 aromatic heterocycles. The van der Waals surface area contributed by atoms with Crippen molar-refractivity contribution < 1.29 is 9.53 Å². The number of nitrogens with one attached hydrogen (secondary N) is 2. The summed E-state index contributed by atoms with van der Waals surface area (Å²) in [7, 11) is 0. The summed E-state index contributed by atoms with van der Waals surface area (Å²) in [5.41, 5.74) is 10.2. The van der Waals surface area contributed by atoms with Gasteiger partial charge in [-0.05, 0) is 26.8 Å². The number of carbonyl (C=O) groups is 1. The first-order chi connectivity index (χ1) is 7.38. The van der Waals surface area contributed by atoms with E-state index in [1.165, 1.54) is 6.20 Å². The fourth-order valence-electron chi connectivity index (χ4n) is 0.852. The SMILES string of the molecule is CC(C)(C)OC(=O)NNc1nnccc1N. The van der Waals surface area contributed by atoms with Crippen LogP contribution in [0.3, 0.4) is 0 Å². The van der Waals surface area contributed by atoms with E-state index in [-0.39, 0.29) is 5.82 Å². The van der Waals surface area contributed by atoms with Crippen LogP contribution in [-0.2, 0) is 4.74 Å². The van der Waals surface area contributed by atoms with Crippen LogP contribution in [0.2, 0.25) is 0 Å². The van der Waals surface area contributed by atoms with Crippen molar-refractivity contribution in [3.8, 4) is 0 Å². The summed E-state index contributed by atoms with van der Waals surface area (Å²) in [5.74, 6) is 0.272. The molecule has 88 valence electrons. The maximum Gasteiger partial charge on any atom is 0.426 e. The van der Waals surface area contributed by atoms with Gasteiger partial charge in [0.05, 0.1) is 11.9 Å². The number of ether oxygens (including phenoxy) is 1. The van der Waals surface area contributed by atoms with Crippen molar-refractivity contribution >= 4 is 17.6 Å². The molecule has 0 aliphatic heterocycles. The Bertz CT molecular complexity index is 374. The van der Waals surface area contributed by atoms with Crippen molar-refractivity contribution in [3.05, 3.63) is 12.3 Å². The molecule has 1 amide bonds. The maximum atomic E-state index is 11.3. The molecule has 0 unspecified atom stereocenters. The molecule has 0 aliphatic rings. The maximum absolute atomic E-state index is 11.3. The van der Waals surface area contributed by atoms with E-state index in [0.717, 1.165) is 0 Å². The van der Waals surface area contributed by atoms with Gasteiger partial charge in [-0.1, -0.05) is 0 Å². The summed E-state index contributed by atoms with van der Waals surface area (Å²) in [6.07, 6.45) is 0.839.